The number of hydrogen-bond acceptors (Lipinski definition) is 1. The van der Waals surface area contributed by atoms with Crippen LogP contribution in [0.1, 0.15) is 5.82 Å². The van der Waals surface area contributed by atoms with E-state index in [2.05, 4.69) is 16.5 Å². The fraction of sp³-hybridized carbons (Fsp3) is 0. The maximum atomic E-state index is 3.86. The molecule has 0 aliphatic heterocycles. The van der Waals surface area contributed by atoms with Crippen molar-refractivity contribution >= 4 is 32.6 Å². The Labute approximate surface area is 67.5 Å². The van der Waals surface area contributed by atoms with Crippen LogP contribution < -0.4 is 0 Å². The molecular weight excluding hydrogens is 297 g/mol. The fourth-order valence-electron chi connectivity index (χ4n) is 0.389. The van der Waals surface area contributed by atoms with Gasteiger partial charge in [0.1, 0.15) is 5.82 Å². The van der Waals surface area contributed by atoms with Crippen molar-refractivity contribution in [2.75, 3.05) is 0 Å². The van der Waals surface area contributed by atoms with Crippen molar-refractivity contribution in [2.24, 2.45) is 0 Å². The molecule has 44 valence electrons. The molecular formula is C5H8N2Po. The topological polar surface area (TPSA) is 28.7 Å². The monoisotopic (exact) mass is 305 g/mol. The standard InChI is InChI=1S/C5H6N2.Po.2H/c1-2-5-6-3-4-7-5;;;/h2-4H,1H2,(H,6,7);;;. The van der Waals surface area contributed by atoms with E-state index in [9.17, 15) is 0 Å². The van der Waals surface area contributed by atoms with Crippen molar-refractivity contribution in [3.8, 4) is 0 Å². The minimum atomic E-state index is 0. The molecule has 2 nitrogen and oxygen atoms in total. The molecule has 0 aromatic carbocycles. The first-order valence-electron chi connectivity index (χ1n) is 2.05. The molecule has 0 spiro atoms. The summed E-state index contributed by atoms with van der Waals surface area (Å²) in [6.07, 6.45) is 5.12. The first-order chi connectivity index (χ1) is 3.43. The van der Waals surface area contributed by atoms with Crippen molar-refractivity contribution < 1.29 is 0 Å². The molecule has 0 atom stereocenters. The maximum absolute atomic E-state index is 3.86. The normalized spacial score (nSPS) is 7.50. The average Bonchev–Trinajstić information content (AvgIpc) is 2.14. The van der Waals surface area contributed by atoms with E-state index in [0.29, 0.717) is 0 Å². The Morgan fingerprint density at radius 1 is 1.75 bits per heavy atom. The molecule has 0 fully saturated rings. The van der Waals surface area contributed by atoms with Gasteiger partial charge in [-0.2, -0.15) is 0 Å². The number of aromatic amines is 1. The van der Waals surface area contributed by atoms with E-state index in [1.165, 1.54) is 0 Å². The zero-order chi connectivity index (χ0) is 5.11. The molecule has 0 amide bonds. The Bertz CT molecular complexity index is 145. The van der Waals surface area contributed by atoms with Crippen molar-refractivity contribution in [3.05, 3.63) is 24.8 Å². The third-order valence-corrected chi connectivity index (χ3v) is 0.713. The van der Waals surface area contributed by atoms with E-state index >= 15 is 0 Å². The van der Waals surface area contributed by atoms with Gasteiger partial charge in [0.15, 0.2) is 0 Å². The van der Waals surface area contributed by atoms with Gasteiger partial charge in [0.05, 0.1) is 0 Å². The molecule has 1 aromatic heterocycles. The van der Waals surface area contributed by atoms with E-state index in [-0.39, 0.29) is 26.6 Å². The number of nitrogens with one attached hydrogen (secondary N) is 1. The molecule has 0 radical (unpaired) electrons. The van der Waals surface area contributed by atoms with Crippen LogP contribution in [0.2, 0.25) is 0 Å². The fourth-order valence-corrected chi connectivity index (χ4v) is 0.389. The van der Waals surface area contributed by atoms with E-state index in [4.69, 9.17) is 0 Å². The number of aromatic nitrogens is 2. The Kier molecular flexibility index (Phi) is 3.73. The number of hydrogen-bond donors (Lipinski definition) is 1. The second-order valence-electron chi connectivity index (χ2n) is 1.18. The van der Waals surface area contributed by atoms with Crippen LogP contribution in [-0.4, -0.2) is 36.5 Å². The third-order valence-electron chi connectivity index (χ3n) is 0.713. The molecule has 3 heteroatoms. The second kappa shape index (κ2) is 3.80. The van der Waals surface area contributed by atoms with Gasteiger partial charge in [-0.15, -0.1) is 0 Å². The van der Waals surface area contributed by atoms with Crippen molar-refractivity contribution in [1.82, 2.24) is 9.97 Å². The van der Waals surface area contributed by atoms with Gasteiger partial charge in [-0.1, -0.05) is 6.58 Å². The molecule has 0 unspecified atom stereocenters. The number of nitrogens with zero attached hydrogens (tertiary/aromatic N) is 1. The van der Waals surface area contributed by atoms with Crippen LogP contribution in [0.4, 0.5) is 0 Å². The second-order valence-corrected chi connectivity index (χ2v) is 1.18. The Morgan fingerprint density at radius 2 is 2.50 bits per heavy atom. The molecule has 0 bridgehead atoms. The first kappa shape index (κ1) is 7.85. The Hall–Kier alpha value is -0.154. The van der Waals surface area contributed by atoms with Crippen LogP contribution in [0.15, 0.2) is 19.0 Å². The number of H-pyrrole nitrogens is 1. The average molecular weight is 305 g/mol. The van der Waals surface area contributed by atoms with Crippen LogP contribution in [0.5, 0.6) is 0 Å². The van der Waals surface area contributed by atoms with E-state index in [0.717, 1.165) is 5.82 Å². The number of rotatable bonds is 1. The number of imidazole rings is 1. The summed E-state index contributed by atoms with van der Waals surface area (Å²) in [5.41, 5.74) is 0. The Balaban J connectivity index is 0.000000490. The SMILES string of the molecule is C=Cc1ncc[nH]1.[PoH2]. The summed E-state index contributed by atoms with van der Waals surface area (Å²) in [6.45, 7) is 3.51. The van der Waals surface area contributed by atoms with Crippen LogP contribution >= 0.6 is 0 Å². The van der Waals surface area contributed by atoms with Crippen molar-refractivity contribution in [3.63, 3.8) is 0 Å². The summed E-state index contributed by atoms with van der Waals surface area (Å²) in [6, 6.07) is 0. The summed E-state index contributed by atoms with van der Waals surface area (Å²) >= 11 is 0. The van der Waals surface area contributed by atoms with Crippen LogP contribution in [0.3, 0.4) is 0 Å². The van der Waals surface area contributed by atoms with Crippen molar-refractivity contribution in [2.45, 2.75) is 0 Å². The van der Waals surface area contributed by atoms with Crippen molar-refractivity contribution in [1.29, 1.82) is 0 Å². The van der Waals surface area contributed by atoms with Gasteiger partial charge in [0.2, 0.25) is 0 Å². The molecule has 0 saturated carbocycles. The zero-order valence-electron chi connectivity index (χ0n) is 4.39. The molecule has 0 aliphatic rings. The first-order valence-corrected chi connectivity index (χ1v) is 2.05. The summed E-state index contributed by atoms with van der Waals surface area (Å²) < 4.78 is 0. The van der Waals surface area contributed by atoms with Crippen LogP contribution in [0.25, 0.3) is 6.08 Å². The predicted octanol–water partition coefficient (Wildman–Crippen LogP) is 0.136. The van der Waals surface area contributed by atoms with Gasteiger partial charge < -0.3 is 4.98 Å². The summed E-state index contributed by atoms with van der Waals surface area (Å²) in [5.74, 6) is 0.819. The predicted molar refractivity (Wildman–Crippen MR) is 37.2 cm³/mol. The van der Waals surface area contributed by atoms with E-state index in [1.807, 2.05) is 0 Å². The van der Waals surface area contributed by atoms with Gasteiger partial charge in [0.25, 0.3) is 0 Å². The summed E-state index contributed by atoms with van der Waals surface area (Å²) in [4.78, 5) is 6.72. The molecule has 1 rings (SSSR count). The van der Waals surface area contributed by atoms with Gasteiger partial charge >= 0.3 is 26.6 Å². The quantitative estimate of drug-likeness (QED) is 0.785. The molecule has 1 aromatic rings. The van der Waals surface area contributed by atoms with E-state index < -0.39 is 0 Å². The third kappa shape index (κ3) is 1.75. The van der Waals surface area contributed by atoms with Gasteiger partial charge in [-0.3, -0.25) is 0 Å². The van der Waals surface area contributed by atoms with E-state index in [1.54, 1.807) is 18.5 Å². The van der Waals surface area contributed by atoms with Crippen LogP contribution in [0, 0.1) is 0 Å². The summed E-state index contributed by atoms with van der Waals surface area (Å²) in [7, 11) is 0. The zero-order valence-corrected chi connectivity index (χ0v) is 8.27. The Morgan fingerprint density at radius 3 is 2.75 bits per heavy atom. The van der Waals surface area contributed by atoms with Gasteiger partial charge in [-0.25, -0.2) is 4.98 Å². The summed E-state index contributed by atoms with van der Waals surface area (Å²) in [5, 5.41) is 0. The van der Waals surface area contributed by atoms with Gasteiger partial charge in [0, 0.05) is 12.4 Å². The molecule has 0 aliphatic carbocycles. The van der Waals surface area contributed by atoms with Gasteiger partial charge in [-0.05, 0) is 6.08 Å². The molecule has 8 heavy (non-hydrogen) atoms. The molecule has 1 heterocycles. The minimum absolute atomic E-state index is 0. The van der Waals surface area contributed by atoms with Crippen LogP contribution in [-0.2, 0) is 0 Å². The molecule has 0 saturated heterocycles. The molecule has 1 N–H and O–H groups in total.